The zero-order chi connectivity index (χ0) is 24.1. The second-order valence-electron chi connectivity index (χ2n) is 8.36. The van der Waals surface area contributed by atoms with Gasteiger partial charge in [-0.25, -0.2) is 12.8 Å². The fourth-order valence-corrected chi connectivity index (χ4v) is 5.08. The summed E-state index contributed by atoms with van der Waals surface area (Å²) in [5, 5.41) is 9.79. The molecule has 4 aromatic rings. The SMILES string of the molecule is CCS(=O)(=O)c1cc(C2(C#N)CC2)cnc1-c1coc2cc(-c3ccc(F)cc3)ccc2c1=O. The van der Waals surface area contributed by atoms with Crippen LogP contribution in [-0.2, 0) is 15.3 Å². The number of pyridine rings is 1. The predicted octanol–water partition coefficient (Wildman–Crippen LogP) is 5.01. The van der Waals surface area contributed by atoms with Crippen LogP contribution in [0.4, 0.5) is 4.39 Å². The number of rotatable bonds is 5. The molecule has 170 valence electrons. The molecule has 34 heavy (non-hydrogen) atoms. The summed E-state index contributed by atoms with van der Waals surface area (Å²) in [6.07, 6.45) is 3.98. The fraction of sp³-hybridized carbons (Fsp3) is 0.192. The second kappa shape index (κ2) is 7.89. The van der Waals surface area contributed by atoms with E-state index in [1.54, 1.807) is 30.3 Å². The molecule has 1 aliphatic rings. The van der Waals surface area contributed by atoms with E-state index in [-0.39, 0.29) is 33.1 Å². The number of halogens is 1. The quantitative estimate of drug-likeness (QED) is 0.403. The summed E-state index contributed by atoms with van der Waals surface area (Å²) >= 11 is 0. The van der Waals surface area contributed by atoms with Crippen LogP contribution < -0.4 is 5.43 Å². The zero-order valence-electron chi connectivity index (χ0n) is 18.2. The third-order valence-corrected chi connectivity index (χ3v) is 8.03. The summed E-state index contributed by atoms with van der Waals surface area (Å²) < 4.78 is 44.8. The van der Waals surface area contributed by atoms with Crippen molar-refractivity contribution < 1.29 is 17.2 Å². The van der Waals surface area contributed by atoms with Gasteiger partial charge in [0.05, 0.1) is 38.8 Å². The van der Waals surface area contributed by atoms with Gasteiger partial charge in [-0.3, -0.25) is 9.78 Å². The highest BCUT2D eigenvalue weighted by molar-refractivity contribution is 7.91. The summed E-state index contributed by atoms with van der Waals surface area (Å²) in [7, 11) is -3.74. The Morgan fingerprint density at radius 1 is 1.12 bits per heavy atom. The lowest BCUT2D eigenvalue weighted by atomic mass is 9.98. The highest BCUT2D eigenvalue weighted by atomic mass is 32.2. The molecule has 0 aliphatic heterocycles. The Morgan fingerprint density at radius 3 is 2.47 bits per heavy atom. The maximum absolute atomic E-state index is 13.3. The van der Waals surface area contributed by atoms with Crippen molar-refractivity contribution in [2.24, 2.45) is 0 Å². The largest absolute Gasteiger partial charge is 0.463 e. The Labute approximate surface area is 195 Å². The summed E-state index contributed by atoms with van der Waals surface area (Å²) in [5.74, 6) is -0.524. The predicted molar refractivity (Wildman–Crippen MR) is 125 cm³/mol. The summed E-state index contributed by atoms with van der Waals surface area (Å²) in [5.41, 5.74) is 1.27. The molecule has 1 saturated carbocycles. The Hall–Kier alpha value is -3.83. The third-order valence-electron chi connectivity index (χ3n) is 6.29. The van der Waals surface area contributed by atoms with Gasteiger partial charge in [0, 0.05) is 6.20 Å². The minimum absolute atomic E-state index is 0.0117. The van der Waals surface area contributed by atoms with E-state index >= 15 is 0 Å². The monoisotopic (exact) mass is 474 g/mol. The van der Waals surface area contributed by atoms with E-state index < -0.39 is 20.7 Å². The third kappa shape index (κ3) is 3.58. The molecule has 0 amide bonds. The molecule has 2 aromatic carbocycles. The van der Waals surface area contributed by atoms with Crippen LogP contribution in [-0.4, -0.2) is 19.2 Å². The molecule has 0 unspecified atom stereocenters. The van der Waals surface area contributed by atoms with Crippen LogP contribution in [0.15, 0.2) is 75.1 Å². The Kier molecular flexibility index (Phi) is 5.10. The van der Waals surface area contributed by atoms with E-state index in [1.165, 1.54) is 37.6 Å². The van der Waals surface area contributed by atoms with E-state index in [0.717, 1.165) is 11.1 Å². The first-order chi connectivity index (χ1) is 16.3. The molecular weight excluding hydrogens is 455 g/mol. The lowest BCUT2D eigenvalue weighted by molar-refractivity contribution is 0.596. The number of benzene rings is 2. The normalized spacial score (nSPS) is 14.6. The fourth-order valence-electron chi connectivity index (χ4n) is 4.00. The van der Waals surface area contributed by atoms with E-state index in [2.05, 4.69) is 11.1 Å². The molecule has 1 fully saturated rings. The van der Waals surface area contributed by atoms with E-state index in [1.807, 2.05) is 0 Å². The first-order valence-corrected chi connectivity index (χ1v) is 12.4. The van der Waals surface area contributed by atoms with E-state index in [4.69, 9.17) is 4.42 Å². The van der Waals surface area contributed by atoms with Crippen LogP contribution in [0, 0.1) is 17.1 Å². The van der Waals surface area contributed by atoms with Crippen molar-refractivity contribution in [1.29, 1.82) is 5.26 Å². The number of nitriles is 1. The molecule has 0 spiro atoms. The maximum Gasteiger partial charge on any atom is 0.202 e. The van der Waals surface area contributed by atoms with Crippen LogP contribution in [0.25, 0.3) is 33.4 Å². The zero-order valence-corrected chi connectivity index (χ0v) is 19.0. The lowest BCUT2D eigenvalue weighted by Gasteiger charge is -2.13. The number of nitrogens with zero attached hydrogens (tertiary/aromatic N) is 2. The average molecular weight is 475 g/mol. The first kappa shape index (κ1) is 22.0. The lowest BCUT2D eigenvalue weighted by Crippen LogP contribution is -2.14. The van der Waals surface area contributed by atoms with Crippen molar-refractivity contribution in [3.8, 4) is 28.5 Å². The smallest absolute Gasteiger partial charge is 0.202 e. The van der Waals surface area contributed by atoms with Crippen molar-refractivity contribution in [1.82, 2.24) is 4.98 Å². The van der Waals surface area contributed by atoms with Gasteiger partial charge < -0.3 is 4.42 Å². The van der Waals surface area contributed by atoms with Gasteiger partial charge >= 0.3 is 0 Å². The van der Waals surface area contributed by atoms with Crippen molar-refractivity contribution in [2.75, 3.05) is 5.75 Å². The number of sulfone groups is 1. The first-order valence-electron chi connectivity index (χ1n) is 10.7. The molecule has 5 rings (SSSR count). The molecule has 2 aromatic heterocycles. The minimum Gasteiger partial charge on any atom is -0.463 e. The Bertz CT molecular complexity index is 1650. The second-order valence-corrected chi connectivity index (χ2v) is 10.6. The van der Waals surface area contributed by atoms with Gasteiger partial charge in [-0.05, 0) is 59.9 Å². The van der Waals surface area contributed by atoms with Crippen LogP contribution in [0.3, 0.4) is 0 Å². The molecule has 6 nitrogen and oxygen atoms in total. The number of aromatic nitrogens is 1. The molecule has 1 aliphatic carbocycles. The van der Waals surface area contributed by atoms with Crippen molar-refractivity contribution in [3.63, 3.8) is 0 Å². The summed E-state index contributed by atoms with van der Waals surface area (Å²) in [4.78, 5) is 17.6. The highest BCUT2D eigenvalue weighted by Crippen LogP contribution is 2.48. The van der Waals surface area contributed by atoms with Crippen molar-refractivity contribution in [3.05, 3.63) is 82.6 Å². The van der Waals surface area contributed by atoms with Gasteiger partial charge in [0.2, 0.25) is 5.43 Å². The van der Waals surface area contributed by atoms with Crippen LogP contribution in [0.2, 0.25) is 0 Å². The Balaban J connectivity index is 1.66. The summed E-state index contributed by atoms with van der Waals surface area (Å²) in [6, 6.07) is 14.7. The molecule has 2 heterocycles. The molecule has 0 bridgehead atoms. The standard InChI is InChI=1S/C26H19FN2O4S/c1-2-34(31,32)23-12-18(26(15-28)9-10-26)13-29-24(23)21-14-33-22-11-17(5-8-20(22)25(21)30)16-3-6-19(27)7-4-16/h3-8,11-14H,2,9-10H2,1H3. The molecule has 0 saturated heterocycles. The van der Waals surface area contributed by atoms with Gasteiger partial charge in [0.1, 0.15) is 17.7 Å². The molecular formula is C26H19FN2O4S. The molecule has 8 heteroatoms. The molecule has 0 radical (unpaired) electrons. The average Bonchev–Trinajstić information content (AvgIpc) is 3.66. The molecule has 0 atom stereocenters. The van der Waals surface area contributed by atoms with Crippen molar-refractivity contribution in [2.45, 2.75) is 30.1 Å². The number of hydrogen-bond acceptors (Lipinski definition) is 6. The van der Waals surface area contributed by atoms with Gasteiger partial charge in [-0.2, -0.15) is 5.26 Å². The van der Waals surface area contributed by atoms with Crippen molar-refractivity contribution >= 4 is 20.8 Å². The van der Waals surface area contributed by atoms with Crippen LogP contribution in [0.1, 0.15) is 25.3 Å². The van der Waals surface area contributed by atoms with E-state index in [0.29, 0.717) is 24.0 Å². The number of hydrogen-bond donors (Lipinski definition) is 0. The van der Waals surface area contributed by atoms with Crippen LogP contribution >= 0.6 is 0 Å². The number of fused-ring (bicyclic) bond motifs is 1. The van der Waals surface area contributed by atoms with Gasteiger partial charge in [-0.1, -0.05) is 25.1 Å². The van der Waals surface area contributed by atoms with Gasteiger partial charge in [-0.15, -0.1) is 0 Å². The Morgan fingerprint density at radius 2 is 1.82 bits per heavy atom. The molecule has 0 N–H and O–H groups in total. The summed E-state index contributed by atoms with van der Waals surface area (Å²) in [6.45, 7) is 1.52. The minimum atomic E-state index is -3.74. The van der Waals surface area contributed by atoms with E-state index in [9.17, 15) is 22.9 Å². The topological polar surface area (TPSA) is 101 Å². The van der Waals surface area contributed by atoms with Crippen LogP contribution in [0.5, 0.6) is 0 Å². The maximum atomic E-state index is 13.3. The van der Waals surface area contributed by atoms with Gasteiger partial charge in [0.15, 0.2) is 9.84 Å². The highest BCUT2D eigenvalue weighted by Gasteiger charge is 2.46. The van der Waals surface area contributed by atoms with Gasteiger partial charge in [0.25, 0.3) is 0 Å².